The minimum Gasteiger partial charge on any atom is -0.466 e. The van der Waals surface area contributed by atoms with Gasteiger partial charge in [-0.05, 0) is 18.8 Å². The van der Waals surface area contributed by atoms with Gasteiger partial charge in [0.2, 0.25) is 0 Å². The van der Waals surface area contributed by atoms with Crippen molar-refractivity contribution in [2.45, 2.75) is 60.0 Å². The molecule has 0 rings (SSSR count). The summed E-state index contributed by atoms with van der Waals surface area (Å²) in [5.41, 5.74) is -0.0751. The Bertz CT molecular complexity index is 253. The fourth-order valence-electron chi connectivity index (χ4n) is 1.53. The third-order valence-electron chi connectivity index (χ3n) is 2.45. The molecule has 0 fully saturated rings. The highest BCUT2D eigenvalue weighted by Crippen LogP contribution is 2.25. The van der Waals surface area contributed by atoms with Gasteiger partial charge in [-0.25, -0.2) is 0 Å². The van der Waals surface area contributed by atoms with Crippen molar-refractivity contribution in [2.75, 3.05) is 6.61 Å². The van der Waals surface area contributed by atoms with Gasteiger partial charge < -0.3 is 9.47 Å². The summed E-state index contributed by atoms with van der Waals surface area (Å²) in [6.45, 7) is 10.1. The zero-order valence-electron chi connectivity index (χ0n) is 11.5. The Morgan fingerprint density at radius 3 is 2.00 bits per heavy atom. The van der Waals surface area contributed by atoms with Crippen LogP contribution in [0.3, 0.4) is 0 Å². The lowest BCUT2D eigenvalue weighted by Gasteiger charge is -2.29. The summed E-state index contributed by atoms with van der Waals surface area (Å²) in [4.78, 5) is 22.6. The standard InChI is InChI=1S/C13H24O4/c1-6-10(13(3,4)5)17-12(15)9-8-11(14)16-7-2/h10H,6-9H2,1-5H3. The van der Waals surface area contributed by atoms with Crippen molar-refractivity contribution in [3.63, 3.8) is 0 Å². The maximum absolute atomic E-state index is 11.5. The molecule has 1 unspecified atom stereocenters. The predicted octanol–water partition coefficient (Wildman–Crippen LogP) is 2.70. The first kappa shape index (κ1) is 15.9. The van der Waals surface area contributed by atoms with Crippen LogP contribution in [0.25, 0.3) is 0 Å². The van der Waals surface area contributed by atoms with Gasteiger partial charge in [0.05, 0.1) is 19.4 Å². The number of hydrogen-bond donors (Lipinski definition) is 0. The molecule has 0 aliphatic heterocycles. The first-order chi connectivity index (χ1) is 7.81. The number of esters is 2. The second kappa shape index (κ2) is 7.30. The SMILES string of the molecule is CCOC(=O)CCC(=O)OC(CC)C(C)(C)C. The Labute approximate surface area is 104 Å². The largest absolute Gasteiger partial charge is 0.466 e. The van der Waals surface area contributed by atoms with Crippen LogP contribution in [0, 0.1) is 5.41 Å². The third kappa shape index (κ3) is 6.97. The zero-order valence-corrected chi connectivity index (χ0v) is 11.5. The minimum absolute atomic E-state index is 0.0751. The summed E-state index contributed by atoms with van der Waals surface area (Å²) in [6, 6.07) is 0. The topological polar surface area (TPSA) is 52.6 Å². The Morgan fingerprint density at radius 1 is 1.06 bits per heavy atom. The van der Waals surface area contributed by atoms with Crippen LogP contribution in [-0.4, -0.2) is 24.6 Å². The molecule has 0 N–H and O–H groups in total. The summed E-state index contributed by atoms with van der Waals surface area (Å²) >= 11 is 0. The van der Waals surface area contributed by atoms with Crippen molar-refractivity contribution >= 4 is 11.9 Å². The Morgan fingerprint density at radius 2 is 1.59 bits per heavy atom. The Hall–Kier alpha value is -1.06. The maximum Gasteiger partial charge on any atom is 0.306 e. The van der Waals surface area contributed by atoms with Gasteiger partial charge >= 0.3 is 11.9 Å². The summed E-state index contributed by atoms with van der Waals surface area (Å²) in [5, 5.41) is 0. The first-order valence-electron chi connectivity index (χ1n) is 6.16. The molecule has 0 radical (unpaired) electrons. The fourth-order valence-corrected chi connectivity index (χ4v) is 1.53. The van der Waals surface area contributed by atoms with Crippen molar-refractivity contribution in [3.8, 4) is 0 Å². The van der Waals surface area contributed by atoms with Crippen molar-refractivity contribution in [2.24, 2.45) is 5.41 Å². The third-order valence-corrected chi connectivity index (χ3v) is 2.45. The number of carbonyl (C=O) groups excluding carboxylic acids is 2. The number of rotatable bonds is 6. The van der Waals surface area contributed by atoms with Crippen LogP contribution in [0.4, 0.5) is 0 Å². The maximum atomic E-state index is 11.5. The molecule has 0 saturated carbocycles. The molecule has 17 heavy (non-hydrogen) atoms. The van der Waals surface area contributed by atoms with Crippen LogP contribution in [0.5, 0.6) is 0 Å². The van der Waals surface area contributed by atoms with E-state index in [1.807, 2.05) is 27.7 Å². The second-order valence-corrected chi connectivity index (χ2v) is 5.06. The average Bonchev–Trinajstić information content (AvgIpc) is 2.21. The van der Waals surface area contributed by atoms with Gasteiger partial charge in [0, 0.05) is 0 Å². The molecule has 0 aromatic heterocycles. The van der Waals surface area contributed by atoms with Gasteiger partial charge in [-0.15, -0.1) is 0 Å². The second-order valence-electron chi connectivity index (χ2n) is 5.06. The minimum atomic E-state index is -0.353. The lowest BCUT2D eigenvalue weighted by atomic mass is 9.87. The van der Waals surface area contributed by atoms with E-state index in [1.165, 1.54) is 0 Å². The highest BCUT2D eigenvalue weighted by molar-refractivity contribution is 5.77. The van der Waals surface area contributed by atoms with Crippen LogP contribution >= 0.6 is 0 Å². The monoisotopic (exact) mass is 244 g/mol. The molecule has 1 atom stereocenters. The van der Waals surface area contributed by atoms with E-state index in [1.54, 1.807) is 6.92 Å². The van der Waals surface area contributed by atoms with E-state index >= 15 is 0 Å². The normalized spacial score (nSPS) is 13.0. The van der Waals surface area contributed by atoms with E-state index in [0.29, 0.717) is 6.61 Å². The molecule has 100 valence electrons. The molecule has 0 amide bonds. The highest BCUT2D eigenvalue weighted by Gasteiger charge is 2.26. The van der Waals surface area contributed by atoms with Crippen molar-refractivity contribution < 1.29 is 19.1 Å². The van der Waals surface area contributed by atoms with E-state index in [0.717, 1.165) is 6.42 Å². The molecule has 0 bridgehead atoms. The number of carbonyl (C=O) groups is 2. The molecular formula is C13H24O4. The van der Waals surface area contributed by atoms with Crippen LogP contribution < -0.4 is 0 Å². The molecule has 0 saturated heterocycles. The van der Waals surface area contributed by atoms with E-state index in [4.69, 9.17) is 9.47 Å². The van der Waals surface area contributed by atoms with E-state index in [2.05, 4.69) is 0 Å². The summed E-state index contributed by atoms with van der Waals surface area (Å²) in [5.74, 6) is -0.687. The summed E-state index contributed by atoms with van der Waals surface area (Å²) < 4.78 is 10.1. The highest BCUT2D eigenvalue weighted by atomic mass is 16.5. The van der Waals surface area contributed by atoms with Crippen molar-refractivity contribution in [1.82, 2.24) is 0 Å². The first-order valence-corrected chi connectivity index (χ1v) is 6.16. The van der Waals surface area contributed by atoms with Crippen molar-refractivity contribution in [1.29, 1.82) is 0 Å². The van der Waals surface area contributed by atoms with Crippen LogP contribution in [0.1, 0.15) is 53.9 Å². The number of ether oxygens (including phenoxy) is 2. The molecule has 0 aromatic carbocycles. The summed E-state index contributed by atoms with van der Waals surface area (Å²) in [7, 11) is 0. The average molecular weight is 244 g/mol. The zero-order chi connectivity index (χ0) is 13.5. The van der Waals surface area contributed by atoms with Crippen LogP contribution in [0.15, 0.2) is 0 Å². The van der Waals surface area contributed by atoms with Crippen molar-refractivity contribution in [3.05, 3.63) is 0 Å². The molecule has 0 heterocycles. The quantitative estimate of drug-likeness (QED) is 0.674. The fraction of sp³-hybridized carbons (Fsp3) is 0.846. The van der Waals surface area contributed by atoms with Gasteiger partial charge in [-0.1, -0.05) is 27.7 Å². The smallest absolute Gasteiger partial charge is 0.306 e. The Balaban J connectivity index is 4.04. The molecule has 4 nitrogen and oxygen atoms in total. The van der Waals surface area contributed by atoms with Gasteiger partial charge in [-0.3, -0.25) is 9.59 Å². The molecule has 0 aliphatic rings. The van der Waals surface area contributed by atoms with Crippen LogP contribution in [0.2, 0.25) is 0 Å². The van der Waals surface area contributed by atoms with E-state index < -0.39 is 0 Å². The molecular weight excluding hydrogens is 220 g/mol. The van der Waals surface area contributed by atoms with E-state index in [9.17, 15) is 9.59 Å². The Kier molecular flexibility index (Phi) is 6.85. The molecule has 0 spiro atoms. The number of hydrogen-bond acceptors (Lipinski definition) is 4. The predicted molar refractivity (Wildman–Crippen MR) is 65.5 cm³/mol. The lowest BCUT2D eigenvalue weighted by Crippen LogP contribution is -2.31. The van der Waals surface area contributed by atoms with Gasteiger partial charge in [0.1, 0.15) is 6.10 Å². The lowest BCUT2D eigenvalue weighted by molar-refractivity contribution is -0.158. The molecule has 4 heteroatoms. The van der Waals surface area contributed by atoms with Gasteiger partial charge in [-0.2, -0.15) is 0 Å². The summed E-state index contributed by atoms with van der Waals surface area (Å²) in [6.07, 6.45) is 0.838. The molecule has 0 aliphatic carbocycles. The van der Waals surface area contributed by atoms with Gasteiger partial charge in [0.15, 0.2) is 0 Å². The van der Waals surface area contributed by atoms with Crippen LogP contribution in [-0.2, 0) is 19.1 Å². The molecule has 0 aromatic rings. The van der Waals surface area contributed by atoms with Gasteiger partial charge in [0.25, 0.3) is 0 Å². The van der Waals surface area contributed by atoms with E-state index in [-0.39, 0.29) is 36.3 Å².